The summed E-state index contributed by atoms with van der Waals surface area (Å²) < 4.78 is 27.6. The molecule has 0 aliphatic carbocycles. The first kappa shape index (κ1) is 22.7. The van der Waals surface area contributed by atoms with Crippen molar-refractivity contribution in [2.45, 2.75) is 57.0 Å². The Bertz CT molecular complexity index is 1030. The number of nitrogens with one attached hydrogen (secondary N) is 1. The third-order valence-electron chi connectivity index (χ3n) is 5.35. The second-order valence-electron chi connectivity index (χ2n) is 7.58. The number of amides is 1. The van der Waals surface area contributed by atoms with Crippen molar-refractivity contribution in [1.82, 2.24) is 14.3 Å². The first-order valence-electron chi connectivity index (χ1n) is 10.0. The van der Waals surface area contributed by atoms with Crippen LogP contribution < -0.4 is 5.32 Å². The van der Waals surface area contributed by atoms with E-state index in [1.807, 2.05) is 20.8 Å². The number of hydrogen-bond acceptors (Lipinski definition) is 6. The van der Waals surface area contributed by atoms with E-state index in [4.69, 9.17) is 0 Å². The monoisotopic (exact) mass is 448 g/mol. The van der Waals surface area contributed by atoms with E-state index in [1.54, 1.807) is 29.4 Å². The molecular weight excluding hydrogens is 420 g/mol. The Morgan fingerprint density at radius 2 is 1.70 bits per heavy atom. The van der Waals surface area contributed by atoms with Gasteiger partial charge in [0.15, 0.2) is 5.16 Å². The van der Waals surface area contributed by atoms with Crippen molar-refractivity contribution in [3.63, 3.8) is 0 Å². The van der Waals surface area contributed by atoms with Gasteiger partial charge < -0.3 is 5.32 Å². The number of rotatable bonds is 6. The average Bonchev–Trinajstić information content (AvgIpc) is 2.72. The number of aryl methyl sites for hydroxylation is 3. The standard InChI is InChI=1S/C21H28N4O3S2/c1-14-8-9-18(12-19(14)30(27,28)25-10-6-5-7-11-25)24-20(26)13-29-21-22-16(3)15(2)17(4)23-21/h8-9,12H,5-7,10-11,13H2,1-4H3,(H,24,26). The molecule has 0 spiro atoms. The molecule has 0 unspecified atom stereocenters. The second kappa shape index (κ2) is 9.45. The lowest BCUT2D eigenvalue weighted by Gasteiger charge is -2.26. The fourth-order valence-corrected chi connectivity index (χ4v) is 5.84. The summed E-state index contributed by atoms with van der Waals surface area (Å²) >= 11 is 1.26. The number of carbonyl (C=O) groups is 1. The van der Waals surface area contributed by atoms with Crippen LogP contribution in [0.4, 0.5) is 5.69 Å². The summed E-state index contributed by atoms with van der Waals surface area (Å²) in [5, 5.41) is 3.36. The molecule has 1 aromatic heterocycles. The van der Waals surface area contributed by atoms with E-state index in [0.717, 1.165) is 36.2 Å². The van der Waals surface area contributed by atoms with Gasteiger partial charge in [-0.2, -0.15) is 4.31 Å². The average molecular weight is 449 g/mol. The summed E-state index contributed by atoms with van der Waals surface area (Å²) in [7, 11) is -3.56. The van der Waals surface area contributed by atoms with Gasteiger partial charge in [0.2, 0.25) is 15.9 Å². The van der Waals surface area contributed by atoms with Gasteiger partial charge in [-0.25, -0.2) is 18.4 Å². The van der Waals surface area contributed by atoms with Crippen molar-refractivity contribution in [3.8, 4) is 0 Å². The van der Waals surface area contributed by atoms with Crippen LogP contribution in [0.5, 0.6) is 0 Å². The topological polar surface area (TPSA) is 92.3 Å². The highest BCUT2D eigenvalue weighted by molar-refractivity contribution is 7.99. The summed E-state index contributed by atoms with van der Waals surface area (Å²) in [5.41, 5.74) is 3.99. The van der Waals surface area contributed by atoms with Gasteiger partial charge in [-0.1, -0.05) is 24.2 Å². The maximum absolute atomic E-state index is 13.0. The van der Waals surface area contributed by atoms with Gasteiger partial charge in [-0.05, 0) is 63.8 Å². The van der Waals surface area contributed by atoms with E-state index in [-0.39, 0.29) is 16.6 Å². The number of thioether (sulfide) groups is 1. The van der Waals surface area contributed by atoms with Gasteiger partial charge in [0.05, 0.1) is 10.6 Å². The number of aromatic nitrogens is 2. The fourth-order valence-electron chi connectivity index (χ4n) is 3.33. The molecule has 30 heavy (non-hydrogen) atoms. The van der Waals surface area contributed by atoms with Crippen LogP contribution in [0.3, 0.4) is 0 Å². The molecule has 1 aliphatic heterocycles. The minimum Gasteiger partial charge on any atom is -0.325 e. The van der Waals surface area contributed by atoms with Crippen LogP contribution in [0.2, 0.25) is 0 Å². The Hall–Kier alpha value is -1.97. The van der Waals surface area contributed by atoms with Crippen LogP contribution in [0.25, 0.3) is 0 Å². The molecule has 9 heteroatoms. The minimum absolute atomic E-state index is 0.143. The van der Waals surface area contributed by atoms with E-state index in [9.17, 15) is 13.2 Å². The van der Waals surface area contributed by atoms with Crippen molar-refractivity contribution >= 4 is 33.4 Å². The molecule has 2 aromatic rings. The molecule has 2 heterocycles. The quantitative estimate of drug-likeness (QED) is 0.536. The molecule has 7 nitrogen and oxygen atoms in total. The second-order valence-corrected chi connectivity index (χ2v) is 10.4. The number of hydrogen-bond donors (Lipinski definition) is 1. The summed E-state index contributed by atoms with van der Waals surface area (Å²) in [6, 6.07) is 5.01. The largest absolute Gasteiger partial charge is 0.325 e. The van der Waals surface area contributed by atoms with Crippen LogP contribution in [0, 0.1) is 27.7 Å². The van der Waals surface area contributed by atoms with Gasteiger partial charge in [-0.3, -0.25) is 4.79 Å². The molecule has 1 saturated heterocycles. The maximum atomic E-state index is 13.0. The van der Waals surface area contributed by atoms with Crippen LogP contribution in [-0.2, 0) is 14.8 Å². The summed E-state index contributed by atoms with van der Waals surface area (Å²) in [4.78, 5) is 21.5. The number of carbonyl (C=O) groups excluding carboxylic acids is 1. The molecule has 1 aromatic carbocycles. The third kappa shape index (κ3) is 5.19. The molecule has 0 bridgehead atoms. The highest BCUT2D eigenvalue weighted by atomic mass is 32.2. The van der Waals surface area contributed by atoms with Crippen molar-refractivity contribution in [2.24, 2.45) is 0 Å². The zero-order valence-electron chi connectivity index (χ0n) is 17.9. The van der Waals surface area contributed by atoms with E-state index < -0.39 is 10.0 Å². The summed E-state index contributed by atoms with van der Waals surface area (Å²) in [6.07, 6.45) is 2.82. The molecule has 0 saturated carbocycles. The predicted molar refractivity (Wildman–Crippen MR) is 119 cm³/mol. The number of nitrogens with zero attached hydrogens (tertiary/aromatic N) is 3. The van der Waals surface area contributed by atoms with Crippen LogP contribution >= 0.6 is 11.8 Å². The van der Waals surface area contributed by atoms with Crippen molar-refractivity contribution in [3.05, 3.63) is 40.7 Å². The lowest BCUT2D eigenvalue weighted by atomic mass is 10.2. The number of benzene rings is 1. The predicted octanol–water partition coefficient (Wildman–Crippen LogP) is 3.62. The number of piperidine rings is 1. The Morgan fingerprint density at radius 1 is 1.07 bits per heavy atom. The Labute approximate surface area is 182 Å². The first-order chi connectivity index (χ1) is 14.2. The van der Waals surface area contributed by atoms with E-state index in [1.165, 1.54) is 11.8 Å². The van der Waals surface area contributed by atoms with Crippen molar-refractivity contribution in [1.29, 1.82) is 0 Å². The zero-order chi connectivity index (χ0) is 21.9. The van der Waals surface area contributed by atoms with Crippen molar-refractivity contribution in [2.75, 3.05) is 24.2 Å². The number of sulfonamides is 1. The molecule has 1 fully saturated rings. The van der Waals surface area contributed by atoms with Crippen LogP contribution in [-0.4, -0.2) is 47.4 Å². The smallest absolute Gasteiger partial charge is 0.243 e. The highest BCUT2D eigenvalue weighted by Gasteiger charge is 2.27. The number of anilines is 1. The van der Waals surface area contributed by atoms with Crippen molar-refractivity contribution < 1.29 is 13.2 Å². The molecule has 162 valence electrons. The zero-order valence-corrected chi connectivity index (χ0v) is 19.5. The van der Waals surface area contributed by atoms with Gasteiger partial charge in [-0.15, -0.1) is 0 Å². The Kier molecular flexibility index (Phi) is 7.15. The molecule has 1 aliphatic rings. The lowest BCUT2D eigenvalue weighted by molar-refractivity contribution is -0.113. The fraction of sp³-hybridized carbons (Fsp3) is 0.476. The molecular formula is C21H28N4O3S2. The molecule has 0 atom stereocenters. The summed E-state index contributed by atoms with van der Waals surface area (Å²) in [5.74, 6) is -0.0889. The first-order valence-corrected chi connectivity index (χ1v) is 12.5. The maximum Gasteiger partial charge on any atom is 0.243 e. The molecule has 1 N–H and O–H groups in total. The Balaban J connectivity index is 1.69. The van der Waals surface area contributed by atoms with Gasteiger partial charge >= 0.3 is 0 Å². The van der Waals surface area contributed by atoms with E-state index in [0.29, 0.717) is 29.5 Å². The molecule has 1 amide bonds. The van der Waals surface area contributed by atoms with E-state index >= 15 is 0 Å². The lowest BCUT2D eigenvalue weighted by Crippen LogP contribution is -2.36. The minimum atomic E-state index is -3.56. The molecule has 0 radical (unpaired) electrons. The normalized spacial score (nSPS) is 15.2. The highest BCUT2D eigenvalue weighted by Crippen LogP contribution is 2.26. The van der Waals surface area contributed by atoms with E-state index in [2.05, 4.69) is 15.3 Å². The SMILES string of the molecule is Cc1ccc(NC(=O)CSc2nc(C)c(C)c(C)n2)cc1S(=O)(=O)N1CCCCC1. The summed E-state index contributed by atoms with van der Waals surface area (Å²) in [6.45, 7) is 8.68. The third-order valence-corrected chi connectivity index (χ3v) is 8.24. The van der Waals surface area contributed by atoms with Gasteiger partial charge in [0.25, 0.3) is 0 Å². The van der Waals surface area contributed by atoms with Crippen LogP contribution in [0.1, 0.15) is 41.8 Å². The van der Waals surface area contributed by atoms with Crippen LogP contribution in [0.15, 0.2) is 28.3 Å². The van der Waals surface area contributed by atoms with Gasteiger partial charge in [0.1, 0.15) is 0 Å². The van der Waals surface area contributed by atoms with Gasteiger partial charge in [0, 0.05) is 30.2 Å². The Morgan fingerprint density at radius 3 is 2.33 bits per heavy atom. The molecule has 3 rings (SSSR count).